The van der Waals surface area contributed by atoms with Crippen molar-refractivity contribution < 1.29 is 13.2 Å². The van der Waals surface area contributed by atoms with E-state index < -0.39 is 16.1 Å². The predicted octanol–water partition coefficient (Wildman–Crippen LogP) is 5.07. The molecule has 2 aromatic carbocycles. The summed E-state index contributed by atoms with van der Waals surface area (Å²) in [7, 11) is -3.74. The molecule has 3 rings (SSSR count). The number of hydrogen-bond acceptors (Lipinski definition) is 4. The average Bonchev–Trinajstić information content (AvgIpc) is 3.06. The Morgan fingerprint density at radius 3 is 2.38 bits per heavy atom. The molecule has 0 aliphatic carbocycles. The van der Waals surface area contributed by atoms with Crippen molar-refractivity contribution in [3.8, 4) is 0 Å². The van der Waals surface area contributed by atoms with Crippen LogP contribution in [-0.4, -0.2) is 24.1 Å². The zero-order chi connectivity index (χ0) is 23.5. The second kappa shape index (κ2) is 9.58. The van der Waals surface area contributed by atoms with E-state index in [2.05, 4.69) is 15.1 Å². The van der Waals surface area contributed by atoms with Gasteiger partial charge in [-0.2, -0.15) is 5.10 Å². The number of aryl methyl sites for hydroxylation is 3. The molecule has 0 radical (unpaired) electrons. The molecule has 1 aromatic heterocycles. The maximum absolute atomic E-state index is 12.6. The summed E-state index contributed by atoms with van der Waals surface area (Å²) >= 11 is 6.29. The number of carbonyl (C=O) groups excluding carboxylic acids is 1. The van der Waals surface area contributed by atoms with Gasteiger partial charge >= 0.3 is 0 Å². The van der Waals surface area contributed by atoms with Gasteiger partial charge in [0.1, 0.15) is 6.04 Å². The van der Waals surface area contributed by atoms with Crippen molar-refractivity contribution >= 4 is 45.0 Å². The second-order valence-corrected chi connectivity index (χ2v) is 9.57. The number of carbonyl (C=O) groups is 1. The van der Waals surface area contributed by atoms with Crippen LogP contribution in [0, 0.1) is 20.8 Å². The minimum Gasteiger partial charge on any atom is -0.323 e. The summed E-state index contributed by atoms with van der Waals surface area (Å²) in [5.41, 5.74) is 4.23. The van der Waals surface area contributed by atoms with Crippen molar-refractivity contribution in [1.82, 2.24) is 9.78 Å². The zero-order valence-electron chi connectivity index (χ0n) is 18.3. The van der Waals surface area contributed by atoms with Crippen LogP contribution in [-0.2, 0) is 14.8 Å². The molecule has 0 spiro atoms. The molecule has 0 saturated carbocycles. The van der Waals surface area contributed by atoms with Gasteiger partial charge < -0.3 is 5.32 Å². The van der Waals surface area contributed by atoms with Crippen LogP contribution in [0.1, 0.15) is 35.5 Å². The highest BCUT2D eigenvalue weighted by Gasteiger charge is 2.19. The van der Waals surface area contributed by atoms with Gasteiger partial charge in [0.15, 0.2) is 0 Å². The Balaban J connectivity index is 1.68. The minimum absolute atomic E-state index is 0.210. The third-order valence-corrected chi connectivity index (χ3v) is 6.12. The molecule has 1 unspecified atom stereocenters. The van der Waals surface area contributed by atoms with Gasteiger partial charge in [0.2, 0.25) is 5.91 Å². The van der Waals surface area contributed by atoms with Gasteiger partial charge in [-0.25, -0.2) is 8.42 Å². The second-order valence-electron chi connectivity index (χ2n) is 7.59. The summed E-state index contributed by atoms with van der Waals surface area (Å²) in [6.45, 7) is 7.44. The number of halogens is 1. The molecule has 9 heteroatoms. The van der Waals surface area contributed by atoms with Crippen molar-refractivity contribution in [2.45, 2.75) is 33.7 Å². The Morgan fingerprint density at radius 1 is 1.09 bits per heavy atom. The Hall–Kier alpha value is -3.10. The van der Waals surface area contributed by atoms with E-state index in [0.717, 1.165) is 27.9 Å². The summed E-state index contributed by atoms with van der Waals surface area (Å²) in [5, 5.41) is 8.40. The van der Waals surface area contributed by atoms with Gasteiger partial charge in [-0.3, -0.25) is 14.2 Å². The van der Waals surface area contributed by atoms with Crippen LogP contribution in [0.4, 0.5) is 11.4 Å². The topological polar surface area (TPSA) is 93.1 Å². The Morgan fingerprint density at radius 2 is 1.78 bits per heavy atom. The fraction of sp³-hybridized carbons (Fsp3) is 0.217. The lowest BCUT2D eigenvalue weighted by Crippen LogP contribution is -2.25. The van der Waals surface area contributed by atoms with Crippen LogP contribution < -0.4 is 10.0 Å². The predicted molar refractivity (Wildman–Crippen MR) is 129 cm³/mol. The summed E-state index contributed by atoms with van der Waals surface area (Å²) in [6.07, 6.45) is 1.51. The summed E-state index contributed by atoms with van der Waals surface area (Å²) in [6, 6.07) is 13.4. The zero-order valence-corrected chi connectivity index (χ0v) is 19.8. The van der Waals surface area contributed by atoms with E-state index in [4.69, 9.17) is 11.6 Å². The first-order chi connectivity index (χ1) is 15.0. The van der Waals surface area contributed by atoms with Gasteiger partial charge in [-0.15, -0.1) is 0 Å². The Kier molecular flexibility index (Phi) is 7.06. The maximum Gasteiger partial charge on any atom is 0.255 e. The van der Waals surface area contributed by atoms with Gasteiger partial charge in [0.25, 0.3) is 10.0 Å². The highest BCUT2D eigenvalue weighted by Crippen LogP contribution is 2.27. The first kappa shape index (κ1) is 23.6. The summed E-state index contributed by atoms with van der Waals surface area (Å²) in [5.74, 6) is -0.285. The van der Waals surface area contributed by atoms with Crippen LogP contribution in [0.25, 0.3) is 6.08 Å². The van der Waals surface area contributed by atoms with Crippen LogP contribution in [0.3, 0.4) is 0 Å². The van der Waals surface area contributed by atoms with E-state index in [0.29, 0.717) is 5.69 Å². The molecule has 7 nitrogen and oxygen atoms in total. The van der Waals surface area contributed by atoms with Crippen molar-refractivity contribution in [2.75, 3.05) is 10.0 Å². The van der Waals surface area contributed by atoms with E-state index >= 15 is 0 Å². The van der Waals surface area contributed by atoms with Crippen LogP contribution >= 0.6 is 11.6 Å². The number of rotatable bonds is 7. The molecule has 0 fully saturated rings. The van der Waals surface area contributed by atoms with Gasteiger partial charge in [0.05, 0.1) is 27.5 Å². The highest BCUT2D eigenvalue weighted by molar-refractivity contribution is 7.95. The first-order valence-electron chi connectivity index (χ1n) is 9.95. The van der Waals surface area contributed by atoms with E-state index in [1.807, 2.05) is 51.1 Å². The van der Waals surface area contributed by atoms with Gasteiger partial charge in [0, 0.05) is 5.69 Å². The maximum atomic E-state index is 12.6. The fourth-order valence-corrected chi connectivity index (χ4v) is 4.20. The van der Waals surface area contributed by atoms with Crippen molar-refractivity contribution in [3.63, 3.8) is 0 Å². The number of anilines is 2. The van der Waals surface area contributed by atoms with E-state index in [1.54, 1.807) is 17.7 Å². The van der Waals surface area contributed by atoms with Crippen molar-refractivity contribution in [2.24, 2.45) is 0 Å². The van der Waals surface area contributed by atoms with E-state index in [1.165, 1.54) is 18.2 Å². The van der Waals surface area contributed by atoms with Crippen LogP contribution in [0.15, 0.2) is 53.9 Å². The number of hydrogen-bond donors (Lipinski definition) is 2. The van der Waals surface area contributed by atoms with Crippen molar-refractivity contribution in [3.05, 3.63) is 81.5 Å². The number of nitrogens with one attached hydrogen (secondary N) is 2. The SMILES string of the molecule is Cc1ccc(/C=C/S(=O)(=O)Nc2ccc(NC(=O)C(C)n3nc(C)cc3C)c(Cl)c2)cc1. The van der Waals surface area contributed by atoms with Crippen LogP contribution in [0.2, 0.25) is 5.02 Å². The molecule has 0 aliphatic heterocycles. The van der Waals surface area contributed by atoms with Crippen molar-refractivity contribution in [1.29, 1.82) is 0 Å². The molecule has 1 atom stereocenters. The molecule has 3 aromatic rings. The standard InChI is InChI=1S/C23H25ClN4O3S/c1-15-5-7-19(8-6-15)11-12-32(30,31)27-20-9-10-22(21(24)14-20)25-23(29)18(4)28-17(3)13-16(2)26-28/h5-14,18,27H,1-4H3,(H,25,29)/b12-11+. The number of nitrogens with zero attached hydrogens (tertiary/aromatic N) is 2. The van der Waals surface area contributed by atoms with Gasteiger partial charge in [-0.1, -0.05) is 41.4 Å². The summed E-state index contributed by atoms with van der Waals surface area (Å²) in [4.78, 5) is 12.6. The van der Waals surface area contributed by atoms with Gasteiger partial charge in [-0.05, 0) is 63.6 Å². The number of sulfonamides is 1. The molecule has 32 heavy (non-hydrogen) atoms. The highest BCUT2D eigenvalue weighted by atomic mass is 35.5. The van der Waals surface area contributed by atoms with E-state index in [-0.39, 0.29) is 16.6 Å². The summed E-state index contributed by atoms with van der Waals surface area (Å²) < 4.78 is 28.8. The molecule has 1 amide bonds. The molecule has 1 heterocycles. The monoisotopic (exact) mass is 472 g/mol. The van der Waals surface area contributed by atoms with Crippen LogP contribution in [0.5, 0.6) is 0 Å². The lowest BCUT2D eigenvalue weighted by Gasteiger charge is -2.16. The molecular formula is C23H25ClN4O3S. The van der Waals surface area contributed by atoms with E-state index in [9.17, 15) is 13.2 Å². The fourth-order valence-electron chi connectivity index (χ4n) is 3.11. The molecule has 0 aliphatic rings. The smallest absolute Gasteiger partial charge is 0.255 e. The molecule has 2 N–H and O–H groups in total. The Labute approximate surface area is 193 Å². The normalized spacial score (nSPS) is 12.7. The minimum atomic E-state index is -3.74. The number of aromatic nitrogens is 2. The lowest BCUT2D eigenvalue weighted by molar-refractivity contribution is -0.119. The number of benzene rings is 2. The molecule has 168 valence electrons. The average molecular weight is 473 g/mol. The largest absolute Gasteiger partial charge is 0.323 e. The molecule has 0 bridgehead atoms. The number of amides is 1. The lowest BCUT2D eigenvalue weighted by atomic mass is 10.2. The quantitative estimate of drug-likeness (QED) is 0.501. The Bertz CT molecular complexity index is 1260. The molecular weight excluding hydrogens is 448 g/mol. The first-order valence-corrected chi connectivity index (χ1v) is 11.9. The third-order valence-electron chi connectivity index (χ3n) is 4.79. The third kappa shape index (κ3) is 5.99. The molecule has 0 saturated heterocycles.